The summed E-state index contributed by atoms with van der Waals surface area (Å²) in [5.74, 6) is 1.25. The molecule has 4 rings (SSSR count). The van der Waals surface area contributed by atoms with Crippen molar-refractivity contribution in [3.63, 3.8) is 0 Å². The number of hydrogen-bond acceptors (Lipinski definition) is 6. The molecule has 0 spiro atoms. The Bertz CT molecular complexity index is 932. The van der Waals surface area contributed by atoms with Crippen LogP contribution in [0.4, 0.5) is 0 Å². The van der Waals surface area contributed by atoms with Crippen molar-refractivity contribution in [2.75, 3.05) is 13.2 Å². The number of ether oxygens (including phenoxy) is 1. The minimum Gasteiger partial charge on any atom is -0.388 e. The summed E-state index contributed by atoms with van der Waals surface area (Å²) in [4.78, 5) is 19.9. The Morgan fingerprint density at radius 3 is 3.04 bits per heavy atom. The van der Waals surface area contributed by atoms with E-state index in [2.05, 4.69) is 20.4 Å². The predicted molar refractivity (Wildman–Crippen MR) is 92.5 cm³/mol. The van der Waals surface area contributed by atoms with E-state index in [1.54, 1.807) is 18.2 Å². The van der Waals surface area contributed by atoms with Gasteiger partial charge in [0.05, 0.1) is 36.0 Å². The number of carbonyl (C=O) groups is 1. The number of amides is 1. The molecule has 26 heavy (non-hydrogen) atoms. The number of imidazole rings is 1. The van der Waals surface area contributed by atoms with Crippen LogP contribution in [0.15, 0.2) is 28.8 Å². The molecule has 0 bridgehead atoms. The van der Waals surface area contributed by atoms with Crippen molar-refractivity contribution >= 4 is 16.9 Å². The van der Waals surface area contributed by atoms with E-state index in [1.165, 1.54) is 0 Å². The van der Waals surface area contributed by atoms with Crippen molar-refractivity contribution in [1.82, 2.24) is 20.4 Å². The number of aromatic nitrogens is 3. The summed E-state index contributed by atoms with van der Waals surface area (Å²) < 4.78 is 10.8. The van der Waals surface area contributed by atoms with E-state index in [0.29, 0.717) is 36.5 Å². The maximum absolute atomic E-state index is 12.6. The molecule has 3 heterocycles. The Kier molecular flexibility index (Phi) is 4.44. The number of nitrogens with zero attached hydrogens (tertiary/aromatic N) is 2. The van der Waals surface area contributed by atoms with Gasteiger partial charge in [0.15, 0.2) is 0 Å². The standard InChI is InChI=1S/C18H20N4O4/c1-10-4-13(26-22-10)5-12-8-25-9-16(12)21-18(24)11-2-3-14-15(6-11)20-17(7-23)19-14/h2-4,6,12,16,23H,5,7-9H2,1H3,(H,19,20)(H,21,24)/t12-,16+/m1/s1. The summed E-state index contributed by atoms with van der Waals surface area (Å²) in [5, 5.41) is 16.1. The highest BCUT2D eigenvalue weighted by molar-refractivity contribution is 5.97. The number of aliphatic hydroxyl groups is 1. The van der Waals surface area contributed by atoms with Crippen molar-refractivity contribution in [3.8, 4) is 0 Å². The van der Waals surface area contributed by atoms with E-state index in [4.69, 9.17) is 14.4 Å². The van der Waals surface area contributed by atoms with Gasteiger partial charge in [-0.2, -0.15) is 0 Å². The second-order valence-electron chi connectivity index (χ2n) is 6.59. The van der Waals surface area contributed by atoms with Crippen LogP contribution in [0.1, 0.15) is 27.6 Å². The molecule has 0 aliphatic carbocycles. The Labute approximate surface area is 149 Å². The maximum atomic E-state index is 12.6. The van der Waals surface area contributed by atoms with Gasteiger partial charge < -0.3 is 24.7 Å². The minimum absolute atomic E-state index is 0.0848. The Balaban J connectivity index is 1.46. The number of carbonyl (C=O) groups excluding carboxylic acids is 1. The third-order valence-corrected chi connectivity index (χ3v) is 4.60. The molecule has 1 saturated heterocycles. The summed E-state index contributed by atoms with van der Waals surface area (Å²) in [6, 6.07) is 7.05. The van der Waals surface area contributed by atoms with Crippen molar-refractivity contribution < 1.29 is 19.2 Å². The molecule has 0 radical (unpaired) electrons. The van der Waals surface area contributed by atoms with Gasteiger partial charge in [0, 0.05) is 24.0 Å². The fourth-order valence-electron chi connectivity index (χ4n) is 3.26. The van der Waals surface area contributed by atoms with Crippen LogP contribution >= 0.6 is 0 Å². The molecule has 0 saturated carbocycles. The van der Waals surface area contributed by atoms with E-state index < -0.39 is 0 Å². The zero-order chi connectivity index (χ0) is 18.1. The summed E-state index contributed by atoms with van der Waals surface area (Å²) >= 11 is 0. The normalized spacial score (nSPS) is 19.9. The van der Waals surface area contributed by atoms with E-state index >= 15 is 0 Å². The van der Waals surface area contributed by atoms with Crippen molar-refractivity contribution in [2.45, 2.75) is 26.0 Å². The van der Waals surface area contributed by atoms with Crippen LogP contribution in [0.25, 0.3) is 11.0 Å². The summed E-state index contributed by atoms with van der Waals surface area (Å²) in [6.07, 6.45) is 0.672. The van der Waals surface area contributed by atoms with E-state index in [9.17, 15) is 4.79 Å². The average molecular weight is 356 g/mol. The average Bonchev–Trinajstić information content (AvgIpc) is 3.34. The number of nitrogens with one attached hydrogen (secondary N) is 2. The number of H-pyrrole nitrogens is 1. The van der Waals surface area contributed by atoms with E-state index in [0.717, 1.165) is 17.0 Å². The smallest absolute Gasteiger partial charge is 0.251 e. The highest BCUT2D eigenvalue weighted by atomic mass is 16.5. The molecule has 8 heteroatoms. The number of aryl methyl sites for hydroxylation is 1. The van der Waals surface area contributed by atoms with Gasteiger partial charge in [0.1, 0.15) is 18.2 Å². The number of aliphatic hydroxyl groups excluding tert-OH is 1. The molecule has 3 N–H and O–H groups in total. The van der Waals surface area contributed by atoms with Crippen LogP contribution in [0.3, 0.4) is 0 Å². The minimum atomic E-state index is -0.168. The molecule has 1 aliphatic heterocycles. The van der Waals surface area contributed by atoms with Crippen LogP contribution in [0.2, 0.25) is 0 Å². The van der Waals surface area contributed by atoms with E-state index in [-0.39, 0.29) is 24.5 Å². The first-order valence-corrected chi connectivity index (χ1v) is 8.52. The summed E-state index contributed by atoms with van der Waals surface area (Å²) in [6.45, 7) is 2.76. The summed E-state index contributed by atoms with van der Waals surface area (Å²) in [5.41, 5.74) is 2.81. The number of rotatable bonds is 5. The topological polar surface area (TPSA) is 113 Å². The van der Waals surface area contributed by atoms with Crippen LogP contribution in [-0.2, 0) is 17.8 Å². The molecule has 8 nitrogen and oxygen atoms in total. The second-order valence-corrected chi connectivity index (χ2v) is 6.59. The second kappa shape index (κ2) is 6.89. The lowest BCUT2D eigenvalue weighted by Crippen LogP contribution is -2.40. The van der Waals surface area contributed by atoms with Crippen molar-refractivity contribution in [3.05, 3.63) is 47.1 Å². The van der Waals surface area contributed by atoms with Crippen LogP contribution in [-0.4, -0.2) is 45.4 Å². The predicted octanol–water partition coefficient (Wildman–Crippen LogP) is 1.34. The summed E-state index contributed by atoms with van der Waals surface area (Å²) in [7, 11) is 0. The Morgan fingerprint density at radius 2 is 2.27 bits per heavy atom. The largest absolute Gasteiger partial charge is 0.388 e. The highest BCUT2D eigenvalue weighted by Gasteiger charge is 2.31. The SMILES string of the molecule is Cc1cc(C[C@@H]2COC[C@@H]2NC(=O)c2ccc3nc(CO)[nH]c3c2)on1. The number of aromatic amines is 1. The first-order valence-electron chi connectivity index (χ1n) is 8.52. The third kappa shape index (κ3) is 3.33. The number of hydrogen-bond donors (Lipinski definition) is 3. The van der Waals surface area contributed by atoms with Crippen LogP contribution in [0.5, 0.6) is 0 Å². The highest BCUT2D eigenvalue weighted by Crippen LogP contribution is 2.21. The van der Waals surface area contributed by atoms with Gasteiger partial charge in [-0.3, -0.25) is 4.79 Å². The molecule has 2 aromatic heterocycles. The molecule has 1 fully saturated rings. The maximum Gasteiger partial charge on any atom is 0.251 e. The number of benzene rings is 1. The molecule has 136 valence electrons. The van der Waals surface area contributed by atoms with Gasteiger partial charge in [-0.15, -0.1) is 0 Å². The van der Waals surface area contributed by atoms with Gasteiger partial charge in [0.25, 0.3) is 5.91 Å². The number of fused-ring (bicyclic) bond motifs is 1. The molecule has 2 atom stereocenters. The monoisotopic (exact) mass is 356 g/mol. The molecular weight excluding hydrogens is 336 g/mol. The van der Waals surface area contributed by atoms with Gasteiger partial charge in [-0.25, -0.2) is 4.98 Å². The third-order valence-electron chi connectivity index (χ3n) is 4.60. The quantitative estimate of drug-likeness (QED) is 0.636. The fraction of sp³-hybridized carbons (Fsp3) is 0.389. The fourth-order valence-corrected chi connectivity index (χ4v) is 3.26. The molecule has 1 aromatic carbocycles. The molecule has 3 aromatic rings. The van der Waals surface area contributed by atoms with E-state index in [1.807, 2.05) is 13.0 Å². The Morgan fingerprint density at radius 1 is 1.38 bits per heavy atom. The van der Waals surface area contributed by atoms with Gasteiger partial charge in [-0.05, 0) is 25.1 Å². The molecule has 1 amide bonds. The zero-order valence-electron chi connectivity index (χ0n) is 14.4. The Hall–Kier alpha value is -2.71. The van der Waals surface area contributed by atoms with Crippen LogP contribution in [0, 0.1) is 12.8 Å². The van der Waals surface area contributed by atoms with Gasteiger partial charge >= 0.3 is 0 Å². The van der Waals surface area contributed by atoms with Gasteiger partial charge in [-0.1, -0.05) is 5.16 Å². The van der Waals surface area contributed by atoms with Crippen molar-refractivity contribution in [1.29, 1.82) is 0 Å². The van der Waals surface area contributed by atoms with Crippen molar-refractivity contribution in [2.24, 2.45) is 5.92 Å². The molecule has 0 unspecified atom stereocenters. The van der Waals surface area contributed by atoms with Crippen LogP contribution < -0.4 is 5.32 Å². The molecular formula is C18H20N4O4. The first kappa shape index (κ1) is 16.7. The zero-order valence-corrected chi connectivity index (χ0v) is 14.4. The molecule has 1 aliphatic rings. The lowest BCUT2D eigenvalue weighted by atomic mass is 9.98. The first-order chi connectivity index (χ1) is 12.6. The van der Waals surface area contributed by atoms with Gasteiger partial charge in [0.2, 0.25) is 0 Å². The lowest BCUT2D eigenvalue weighted by molar-refractivity contribution is 0.0924. The lowest BCUT2D eigenvalue weighted by Gasteiger charge is -2.18.